The first-order valence-corrected chi connectivity index (χ1v) is 19.6. The molecule has 0 amide bonds. The van der Waals surface area contributed by atoms with Crippen molar-refractivity contribution in [3.8, 4) is 62.1 Å². The van der Waals surface area contributed by atoms with Crippen LogP contribution < -0.4 is 0 Å². The lowest BCUT2D eigenvalue weighted by molar-refractivity contribution is 1.08. The number of hydrogen-bond donors (Lipinski definition) is 0. The molecule has 262 valence electrons. The van der Waals surface area contributed by atoms with E-state index >= 15 is 0 Å². The molecule has 3 aromatic heterocycles. The van der Waals surface area contributed by atoms with E-state index in [0.29, 0.717) is 17.5 Å². The molecule has 0 fully saturated rings. The second kappa shape index (κ2) is 13.3. The number of rotatable bonds is 6. The molecule has 4 nitrogen and oxygen atoms in total. The van der Waals surface area contributed by atoms with Crippen LogP contribution in [-0.4, -0.2) is 19.5 Å². The number of thiophene rings is 1. The minimum absolute atomic E-state index is 0.634. The molecule has 56 heavy (non-hydrogen) atoms. The molecule has 8 aromatic carbocycles. The largest absolute Gasteiger partial charge is 0.309 e. The lowest BCUT2D eigenvalue weighted by Gasteiger charge is -2.13. The number of fused-ring (bicyclic) bond motifs is 6. The molecule has 0 atom stereocenters. The van der Waals surface area contributed by atoms with Crippen LogP contribution >= 0.6 is 11.3 Å². The standard InChI is InChI=1S/C51H32N4S/c1-3-15-33(16-4-1)38-21-7-8-24-42(38)50-52-49(53-51(54-50)43-26-14-25-41-40-23-10-12-28-47(40)56-48(41)43)36-18-13-17-34(31-36)35-29-30-46-44(32-35)39-22-9-11-27-45(39)55(46)37-19-5-2-6-20-37/h1-32H. The summed E-state index contributed by atoms with van der Waals surface area (Å²) in [5.41, 5.74) is 10.8. The molecule has 0 radical (unpaired) electrons. The summed E-state index contributed by atoms with van der Waals surface area (Å²) in [6, 6.07) is 68.5. The summed E-state index contributed by atoms with van der Waals surface area (Å²) in [6.07, 6.45) is 0. The van der Waals surface area contributed by atoms with Crippen molar-refractivity contribution in [2.45, 2.75) is 0 Å². The Balaban J connectivity index is 1.10. The van der Waals surface area contributed by atoms with Crippen molar-refractivity contribution in [3.63, 3.8) is 0 Å². The van der Waals surface area contributed by atoms with Crippen LogP contribution in [0.5, 0.6) is 0 Å². The monoisotopic (exact) mass is 732 g/mol. The highest BCUT2D eigenvalue weighted by atomic mass is 32.1. The zero-order chi connectivity index (χ0) is 37.0. The van der Waals surface area contributed by atoms with Crippen LogP contribution in [0.25, 0.3) is 104 Å². The van der Waals surface area contributed by atoms with Gasteiger partial charge in [-0.2, -0.15) is 0 Å². The van der Waals surface area contributed by atoms with Crippen LogP contribution in [0.4, 0.5) is 0 Å². The number of benzene rings is 8. The van der Waals surface area contributed by atoms with Gasteiger partial charge in [0, 0.05) is 53.3 Å². The molecule has 0 spiro atoms. The van der Waals surface area contributed by atoms with E-state index in [2.05, 4.69) is 193 Å². The van der Waals surface area contributed by atoms with Gasteiger partial charge < -0.3 is 4.57 Å². The molecule has 0 N–H and O–H groups in total. The Kier molecular flexibility index (Phi) is 7.64. The second-order valence-corrected chi connectivity index (χ2v) is 15.1. The van der Waals surface area contributed by atoms with Crippen LogP contribution in [0, 0.1) is 0 Å². The van der Waals surface area contributed by atoms with Crippen LogP contribution in [0.1, 0.15) is 0 Å². The molecule has 0 saturated heterocycles. The zero-order valence-electron chi connectivity index (χ0n) is 30.2. The summed E-state index contributed by atoms with van der Waals surface area (Å²) in [7, 11) is 0. The molecule has 0 aliphatic heterocycles. The number of aromatic nitrogens is 4. The van der Waals surface area contributed by atoms with Crippen LogP contribution in [0.15, 0.2) is 194 Å². The maximum atomic E-state index is 5.27. The molecule has 3 heterocycles. The van der Waals surface area contributed by atoms with Crippen molar-refractivity contribution < 1.29 is 0 Å². The minimum atomic E-state index is 0.634. The van der Waals surface area contributed by atoms with E-state index in [1.165, 1.54) is 42.0 Å². The summed E-state index contributed by atoms with van der Waals surface area (Å²) < 4.78 is 4.77. The van der Waals surface area contributed by atoms with E-state index in [-0.39, 0.29) is 0 Å². The van der Waals surface area contributed by atoms with Crippen LogP contribution in [-0.2, 0) is 0 Å². The fourth-order valence-electron chi connectivity index (χ4n) is 8.06. The van der Waals surface area contributed by atoms with Gasteiger partial charge in [-0.1, -0.05) is 146 Å². The Bertz CT molecular complexity index is 3250. The average Bonchev–Trinajstić information content (AvgIpc) is 3.83. The van der Waals surface area contributed by atoms with Gasteiger partial charge in [0.1, 0.15) is 0 Å². The van der Waals surface area contributed by atoms with Gasteiger partial charge in [0.25, 0.3) is 0 Å². The fraction of sp³-hybridized carbons (Fsp3) is 0. The van der Waals surface area contributed by atoms with Crippen LogP contribution in [0.2, 0.25) is 0 Å². The molecule has 11 aromatic rings. The number of para-hydroxylation sites is 2. The molecule has 0 aliphatic carbocycles. The molecule has 0 unspecified atom stereocenters. The molecular formula is C51H32N4S. The first-order chi connectivity index (χ1) is 27.8. The van der Waals surface area contributed by atoms with E-state index in [1.54, 1.807) is 11.3 Å². The van der Waals surface area contributed by atoms with Gasteiger partial charge in [0.2, 0.25) is 0 Å². The number of nitrogens with zero attached hydrogens (tertiary/aromatic N) is 4. The van der Waals surface area contributed by atoms with Gasteiger partial charge in [0.15, 0.2) is 17.5 Å². The van der Waals surface area contributed by atoms with E-state index in [9.17, 15) is 0 Å². The first kappa shape index (κ1) is 32.2. The maximum Gasteiger partial charge on any atom is 0.165 e. The van der Waals surface area contributed by atoms with Crippen molar-refractivity contribution in [1.82, 2.24) is 19.5 Å². The smallest absolute Gasteiger partial charge is 0.165 e. The van der Waals surface area contributed by atoms with E-state index < -0.39 is 0 Å². The van der Waals surface area contributed by atoms with Crippen molar-refractivity contribution >= 4 is 53.3 Å². The Hall–Kier alpha value is -7.21. The normalized spacial score (nSPS) is 11.6. The lowest BCUT2D eigenvalue weighted by atomic mass is 9.99. The van der Waals surface area contributed by atoms with E-state index in [1.807, 2.05) is 6.07 Å². The summed E-state index contributed by atoms with van der Waals surface area (Å²) in [6.45, 7) is 0. The summed E-state index contributed by atoms with van der Waals surface area (Å²) in [4.78, 5) is 15.8. The Morgan fingerprint density at radius 1 is 0.339 bits per heavy atom. The fourth-order valence-corrected chi connectivity index (χ4v) is 9.27. The molecule has 0 bridgehead atoms. The minimum Gasteiger partial charge on any atom is -0.309 e. The SMILES string of the molecule is c1ccc(-c2ccccc2-c2nc(-c3cccc(-c4ccc5c(c4)c4ccccc4n5-c4ccccc4)c3)nc(-c3cccc4c3sc3ccccc34)n2)cc1. The van der Waals surface area contributed by atoms with Crippen molar-refractivity contribution in [3.05, 3.63) is 194 Å². The van der Waals surface area contributed by atoms with Crippen molar-refractivity contribution in [2.75, 3.05) is 0 Å². The highest BCUT2D eigenvalue weighted by Gasteiger charge is 2.19. The Morgan fingerprint density at radius 3 is 1.77 bits per heavy atom. The van der Waals surface area contributed by atoms with E-state index in [0.717, 1.165) is 44.6 Å². The predicted octanol–water partition coefficient (Wildman–Crippen LogP) is 13.7. The molecule has 0 saturated carbocycles. The summed E-state index contributed by atoms with van der Waals surface area (Å²) in [5.74, 6) is 1.93. The highest BCUT2D eigenvalue weighted by Crippen LogP contribution is 2.41. The van der Waals surface area contributed by atoms with Crippen molar-refractivity contribution in [1.29, 1.82) is 0 Å². The van der Waals surface area contributed by atoms with Gasteiger partial charge in [-0.25, -0.2) is 15.0 Å². The van der Waals surface area contributed by atoms with Gasteiger partial charge in [-0.15, -0.1) is 11.3 Å². The Morgan fingerprint density at radius 2 is 0.911 bits per heavy atom. The average molecular weight is 733 g/mol. The van der Waals surface area contributed by atoms with Gasteiger partial charge in [0.05, 0.1) is 11.0 Å². The summed E-state index contributed by atoms with van der Waals surface area (Å²) >= 11 is 1.79. The second-order valence-electron chi connectivity index (χ2n) is 14.0. The molecular weight excluding hydrogens is 701 g/mol. The Labute approximate surface area is 327 Å². The predicted molar refractivity (Wildman–Crippen MR) is 234 cm³/mol. The van der Waals surface area contributed by atoms with Gasteiger partial charge >= 0.3 is 0 Å². The third-order valence-corrected chi connectivity index (χ3v) is 11.9. The van der Waals surface area contributed by atoms with Crippen molar-refractivity contribution in [2.24, 2.45) is 0 Å². The third-order valence-electron chi connectivity index (χ3n) is 10.7. The zero-order valence-corrected chi connectivity index (χ0v) is 31.0. The van der Waals surface area contributed by atoms with Gasteiger partial charge in [-0.05, 0) is 70.8 Å². The third kappa shape index (κ3) is 5.40. The van der Waals surface area contributed by atoms with Crippen LogP contribution in [0.3, 0.4) is 0 Å². The first-order valence-electron chi connectivity index (χ1n) is 18.8. The van der Waals surface area contributed by atoms with E-state index in [4.69, 9.17) is 15.0 Å². The lowest BCUT2D eigenvalue weighted by Crippen LogP contribution is -2.01. The molecule has 0 aliphatic rings. The number of hydrogen-bond acceptors (Lipinski definition) is 4. The van der Waals surface area contributed by atoms with Gasteiger partial charge in [-0.3, -0.25) is 0 Å². The molecule has 11 rings (SSSR count). The molecule has 5 heteroatoms. The maximum absolute atomic E-state index is 5.27. The quantitative estimate of drug-likeness (QED) is 0.171. The highest BCUT2D eigenvalue weighted by molar-refractivity contribution is 7.26. The topological polar surface area (TPSA) is 43.6 Å². The summed E-state index contributed by atoms with van der Waals surface area (Å²) in [5, 5.41) is 4.90.